The van der Waals surface area contributed by atoms with Crippen LogP contribution >= 0.6 is 0 Å². The first-order valence-corrected chi connectivity index (χ1v) is 9.99. The summed E-state index contributed by atoms with van der Waals surface area (Å²) in [5, 5.41) is 9.05. The number of methoxy groups -OCH3 is 1. The van der Waals surface area contributed by atoms with Gasteiger partial charge in [0.2, 0.25) is 6.04 Å². The topological polar surface area (TPSA) is 148 Å². The van der Waals surface area contributed by atoms with Crippen LogP contribution in [0.5, 0.6) is 0 Å². The fourth-order valence-corrected chi connectivity index (χ4v) is 5.22. The van der Waals surface area contributed by atoms with E-state index in [1.54, 1.807) is 0 Å². The Morgan fingerprint density at radius 3 is 2.30 bits per heavy atom. The van der Waals surface area contributed by atoms with Crippen LogP contribution in [0.2, 0.25) is 0 Å². The number of Topliss-reactive ketones (excluding diaryl/α,β-unsaturated/α-hetero) is 1. The van der Waals surface area contributed by atoms with Crippen molar-refractivity contribution in [3.05, 3.63) is 0 Å². The summed E-state index contributed by atoms with van der Waals surface area (Å²) in [4.78, 5) is 22.5. The maximum atomic E-state index is 12.1. The summed E-state index contributed by atoms with van der Waals surface area (Å²) in [7, 11) is -3.28. The van der Waals surface area contributed by atoms with Gasteiger partial charge in [-0.3, -0.25) is 4.79 Å². The minimum atomic E-state index is -4.33. The summed E-state index contributed by atoms with van der Waals surface area (Å²) in [6, 6.07) is -1.48. The first kappa shape index (κ1) is 23.9. The first-order valence-electron chi connectivity index (χ1n) is 8.41. The van der Waals surface area contributed by atoms with Crippen LogP contribution in [0.1, 0.15) is 40.0 Å². The summed E-state index contributed by atoms with van der Waals surface area (Å²) in [6.45, 7) is 4.67. The van der Waals surface area contributed by atoms with Gasteiger partial charge in [-0.25, -0.2) is 22.0 Å². The van der Waals surface area contributed by atoms with Crippen LogP contribution in [-0.4, -0.2) is 60.8 Å². The van der Waals surface area contributed by atoms with Crippen molar-refractivity contribution < 1.29 is 46.9 Å². The van der Waals surface area contributed by atoms with Gasteiger partial charge in [0.05, 0.1) is 23.0 Å². The molecular formula is C16H27F2NO7S. The van der Waals surface area contributed by atoms with Gasteiger partial charge in [-0.05, 0) is 31.1 Å². The molecule has 11 heteroatoms. The van der Waals surface area contributed by atoms with Gasteiger partial charge in [-0.1, -0.05) is 13.8 Å². The second-order valence-electron chi connectivity index (χ2n) is 7.97. The zero-order valence-corrected chi connectivity index (χ0v) is 16.6. The molecule has 8 nitrogen and oxygen atoms in total. The highest BCUT2D eigenvalue weighted by molar-refractivity contribution is 7.85. The molecule has 0 heterocycles. The van der Waals surface area contributed by atoms with E-state index in [0.29, 0.717) is 12.8 Å². The van der Waals surface area contributed by atoms with E-state index >= 15 is 0 Å². The number of ether oxygens (including phenoxy) is 1. The Morgan fingerprint density at radius 2 is 2.00 bits per heavy atom. The third-order valence-corrected chi connectivity index (χ3v) is 7.04. The van der Waals surface area contributed by atoms with Gasteiger partial charge >= 0.3 is 5.97 Å². The Hall–Kier alpha value is -1.17. The molecule has 4 N–H and O–H groups in total. The molecule has 2 aliphatic carbocycles. The lowest BCUT2D eigenvalue weighted by molar-refractivity contribution is -0.447. The van der Waals surface area contributed by atoms with E-state index in [2.05, 4.69) is 10.5 Å². The number of esters is 1. The number of halogens is 2. The minimum absolute atomic E-state index is 0.0248. The largest absolute Gasteiger partial charge is 0.748 e. The summed E-state index contributed by atoms with van der Waals surface area (Å²) in [6.07, 6.45) is -1.15. The van der Waals surface area contributed by atoms with Crippen molar-refractivity contribution in [2.24, 2.45) is 16.7 Å². The normalized spacial score (nSPS) is 29.7. The Kier molecular flexibility index (Phi) is 6.80. The molecule has 27 heavy (non-hydrogen) atoms. The first-order chi connectivity index (χ1) is 12.0. The van der Waals surface area contributed by atoms with Crippen molar-refractivity contribution >= 4 is 21.9 Å². The van der Waals surface area contributed by atoms with Crippen molar-refractivity contribution in [1.29, 1.82) is 0 Å². The van der Waals surface area contributed by atoms with Crippen LogP contribution in [0, 0.1) is 16.7 Å². The maximum absolute atomic E-state index is 12.1. The quantitative estimate of drug-likeness (QED) is 0.463. The molecule has 0 amide bonds. The Bertz CT molecular complexity index is 693. The number of aliphatic hydroxyl groups is 1. The number of ketones is 1. The highest BCUT2D eigenvalue weighted by Gasteiger charge is 2.64. The van der Waals surface area contributed by atoms with Crippen molar-refractivity contribution in [2.75, 3.05) is 12.9 Å². The molecule has 2 rings (SSSR count). The molecular weight excluding hydrogens is 388 g/mol. The van der Waals surface area contributed by atoms with Gasteiger partial charge in [0.15, 0.2) is 5.60 Å². The van der Waals surface area contributed by atoms with E-state index in [4.69, 9.17) is 5.11 Å². The number of fused-ring (bicyclic) bond motifs is 2. The molecule has 0 aromatic heterocycles. The molecule has 2 bridgehead atoms. The molecule has 0 radical (unpaired) electrons. The van der Waals surface area contributed by atoms with Crippen LogP contribution in [0.15, 0.2) is 0 Å². The van der Waals surface area contributed by atoms with Gasteiger partial charge in [0.1, 0.15) is 5.78 Å². The monoisotopic (exact) mass is 415 g/mol. The van der Waals surface area contributed by atoms with Crippen molar-refractivity contribution in [1.82, 2.24) is 0 Å². The lowest BCUT2D eigenvalue weighted by Crippen LogP contribution is -2.76. The van der Waals surface area contributed by atoms with E-state index in [0.717, 1.165) is 20.5 Å². The lowest BCUT2D eigenvalue weighted by atomic mass is 9.70. The molecule has 0 aromatic rings. The van der Waals surface area contributed by atoms with Gasteiger partial charge in [0, 0.05) is 11.8 Å². The van der Waals surface area contributed by atoms with Gasteiger partial charge in [-0.15, -0.1) is 0 Å². The summed E-state index contributed by atoms with van der Waals surface area (Å²) < 4.78 is 61.0. The van der Waals surface area contributed by atoms with Crippen LogP contribution in [0.3, 0.4) is 0 Å². The molecule has 0 spiro atoms. The second kappa shape index (κ2) is 7.69. The van der Waals surface area contributed by atoms with Crippen LogP contribution in [0.4, 0.5) is 8.78 Å². The smallest absolute Gasteiger partial charge is 0.367 e. The van der Waals surface area contributed by atoms with Crippen LogP contribution < -0.4 is 5.73 Å². The minimum Gasteiger partial charge on any atom is -0.748 e. The average molecular weight is 415 g/mol. The Labute approximate surface area is 157 Å². The number of hydrogen-bond donors (Lipinski definition) is 2. The third kappa shape index (κ3) is 4.47. The Morgan fingerprint density at radius 1 is 1.48 bits per heavy atom. The highest BCUT2D eigenvalue weighted by atomic mass is 32.2. The molecule has 2 aliphatic rings. The predicted octanol–water partition coefficient (Wildman–Crippen LogP) is -0.287. The van der Waals surface area contributed by atoms with Crippen LogP contribution in [0.25, 0.3) is 0 Å². The number of carbonyl (C=O) groups is 2. The fraction of sp³-hybridized carbons (Fsp3) is 0.875. The van der Waals surface area contributed by atoms with E-state index < -0.39 is 45.3 Å². The third-order valence-electron chi connectivity index (χ3n) is 6.20. The van der Waals surface area contributed by atoms with Gasteiger partial charge in [-0.2, -0.15) is 0 Å². The number of carbonyl (C=O) groups excluding carboxylic acids is 2. The molecule has 0 saturated heterocycles. The number of rotatable bonds is 5. The summed E-state index contributed by atoms with van der Waals surface area (Å²) in [5.74, 6) is -1.24. The zero-order valence-electron chi connectivity index (χ0n) is 15.8. The number of quaternary nitrogens is 1. The molecule has 2 fully saturated rings. The van der Waals surface area contributed by atoms with Gasteiger partial charge < -0.3 is 20.1 Å². The molecule has 2 saturated carbocycles. The lowest BCUT2D eigenvalue weighted by Gasteiger charge is -2.37. The molecule has 0 aliphatic heterocycles. The van der Waals surface area contributed by atoms with E-state index in [1.165, 1.54) is 0 Å². The van der Waals surface area contributed by atoms with Crippen molar-refractivity contribution in [2.45, 2.75) is 58.1 Å². The standard InChI is InChI=1S/C10H16O4S.C6H11F2NO3/c1-9(2)7-3-4-10(9,8(11)5-7)6-15(12,13)14;1-6(11,5(7)8)3(9)4(10)12-2/h7H,3-6H2,1-2H3,(H,12,13,14);3,5,11H,9H2,1-2H3/t7-,10-;3-,6+/m01/s1. The van der Waals surface area contributed by atoms with Gasteiger partial charge in [0.25, 0.3) is 6.43 Å². The SMILES string of the molecule is CC1(C)[C@H]2CC[C@]1(CS(=O)(=O)[O-])C(=O)C2.COC(=O)[C@@H]([NH3+])[C@](C)(O)C(F)F. The number of hydrogen-bond acceptors (Lipinski definition) is 7. The average Bonchev–Trinajstić information content (AvgIpc) is 2.86. The van der Waals surface area contributed by atoms with Crippen LogP contribution in [-0.2, 0) is 24.4 Å². The Balaban J connectivity index is 0.000000279. The highest BCUT2D eigenvalue weighted by Crippen LogP contribution is 2.64. The molecule has 0 unspecified atom stereocenters. The van der Waals surface area contributed by atoms with E-state index in [9.17, 15) is 31.3 Å². The maximum Gasteiger partial charge on any atom is 0.367 e. The van der Waals surface area contributed by atoms with E-state index in [1.807, 2.05) is 13.8 Å². The zero-order chi connectivity index (χ0) is 21.4. The summed E-state index contributed by atoms with van der Waals surface area (Å²) in [5.41, 5.74) is -0.563. The molecule has 0 aromatic carbocycles. The molecule has 158 valence electrons. The van der Waals surface area contributed by atoms with E-state index in [-0.39, 0.29) is 17.1 Å². The molecule has 4 atom stereocenters. The van der Waals surface area contributed by atoms with Crippen molar-refractivity contribution in [3.63, 3.8) is 0 Å². The van der Waals surface area contributed by atoms with Crippen molar-refractivity contribution in [3.8, 4) is 0 Å². The summed E-state index contributed by atoms with van der Waals surface area (Å²) >= 11 is 0. The second-order valence-corrected chi connectivity index (χ2v) is 9.38. The number of alkyl halides is 2. The predicted molar refractivity (Wildman–Crippen MR) is 88.4 cm³/mol. The fourth-order valence-electron chi connectivity index (χ4n) is 3.94.